The van der Waals surface area contributed by atoms with Crippen LogP contribution in [0.25, 0.3) is 0 Å². The first-order chi connectivity index (χ1) is 11.6. The van der Waals surface area contributed by atoms with Gasteiger partial charge in [0.25, 0.3) is 0 Å². The van der Waals surface area contributed by atoms with Gasteiger partial charge < -0.3 is 20.7 Å². The van der Waals surface area contributed by atoms with E-state index in [9.17, 15) is 4.79 Å². The van der Waals surface area contributed by atoms with E-state index in [4.69, 9.17) is 10.5 Å². The monoisotopic (exact) mass is 333 g/mol. The average molecular weight is 333 g/mol. The minimum atomic E-state index is -0.659. The molecular weight excluding hydrogens is 302 g/mol. The second-order valence-corrected chi connectivity index (χ2v) is 6.57. The molecule has 0 spiro atoms. The molecule has 0 saturated heterocycles. The lowest BCUT2D eigenvalue weighted by molar-refractivity contribution is -0.126. The molecule has 0 unspecified atom stereocenters. The predicted molar refractivity (Wildman–Crippen MR) is 97.0 cm³/mol. The van der Waals surface area contributed by atoms with E-state index in [0.717, 1.165) is 56.6 Å². The second kappa shape index (κ2) is 9.04. The van der Waals surface area contributed by atoms with Crippen LogP contribution < -0.4 is 15.8 Å². The number of hydrogen-bond acceptors (Lipinski definition) is 4. The zero-order chi connectivity index (χ0) is 17.4. The number of amides is 1. The fraction of sp³-hybridized carbons (Fsp3) is 0.632. The summed E-state index contributed by atoms with van der Waals surface area (Å²) >= 11 is 0. The van der Waals surface area contributed by atoms with Gasteiger partial charge in [-0.15, -0.1) is 0 Å². The SMILES string of the molecule is CCN(CC)CCOc1ccc(CNC(=O)C2(N)CCCC2)cc1. The second-order valence-electron chi connectivity index (χ2n) is 6.57. The Hall–Kier alpha value is -1.59. The molecule has 1 aromatic carbocycles. The minimum absolute atomic E-state index is 0.0282. The van der Waals surface area contributed by atoms with Crippen LogP contribution in [0.1, 0.15) is 45.1 Å². The Balaban J connectivity index is 1.74. The Morgan fingerprint density at radius 1 is 1.21 bits per heavy atom. The Morgan fingerprint density at radius 3 is 2.42 bits per heavy atom. The number of likely N-dealkylation sites (N-methyl/N-ethyl adjacent to an activating group) is 1. The molecule has 0 heterocycles. The predicted octanol–water partition coefficient (Wildman–Crippen LogP) is 2.29. The number of ether oxygens (including phenoxy) is 1. The van der Waals surface area contributed by atoms with Crippen molar-refractivity contribution < 1.29 is 9.53 Å². The highest BCUT2D eigenvalue weighted by Gasteiger charge is 2.36. The van der Waals surface area contributed by atoms with Gasteiger partial charge in [-0.05, 0) is 43.6 Å². The summed E-state index contributed by atoms with van der Waals surface area (Å²) in [4.78, 5) is 14.5. The number of carbonyl (C=O) groups is 1. The topological polar surface area (TPSA) is 67.6 Å². The molecule has 0 atom stereocenters. The lowest BCUT2D eigenvalue weighted by atomic mass is 9.98. The Kier molecular flexibility index (Phi) is 7.06. The van der Waals surface area contributed by atoms with Crippen molar-refractivity contribution in [3.8, 4) is 5.75 Å². The maximum Gasteiger partial charge on any atom is 0.240 e. The summed E-state index contributed by atoms with van der Waals surface area (Å²) < 4.78 is 5.77. The van der Waals surface area contributed by atoms with Gasteiger partial charge in [-0.3, -0.25) is 4.79 Å². The third kappa shape index (κ3) is 5.21. The van der Waals surface area contributed by atoms with Crippen molar-refractivity contribution in [1.29, 1.82) is 0 Å². The zero-order valence-corrected chi connectivity index (χ0v) is 15.0. The maximum absolute atomic E-state index is 12.2. The highest BCUT2D eigenvalue weighted by molar-refractivity contribution is 5.86. The third-order valence-electron chi connectivity index (χ3n) is 4.90. The van der Waals surface area contributed by atoms with Crippen LogP contribution in [0, 0.1) is 0 Å². The zero-order valence-electron chi connectivity index (χ0n) is 15.0. The summed E-state index contributed by atoms with van der Waals surface area (Å²) in [5.74, 6) is 0.836. The van der Waals surface area contributed by atoms with Gasteiger partial charge in [0.1, 0.15) is 12.4 Å². The Morgan fingerprint density at radius 2 is 1.83 bits per heavy atom. The van der Waals surface area contributed by atoms with Crippen LogP contribution in [0.3, 0.4) is 0 Å². The Bertz CT molecular complexity index is 506. The van der Waals surface area contributed by atoms with Crippen molar-refractivity contribution in [3.05, 3.63) is 29.8 Å². The number of hydrogen-bond donors (Lipinski definition) is 2. The van der Waals surface area contributed by atoms with Crippen LogP contribution in [0.2, 0.25) is 0 Å². The fourth-order valence-corrected chi connectivity index (χ4v) is 3.13. The summed E-state index contributed by atoms with van der Waals surface area (Å²) in [5.41, 5.74) is 6.55. The molecule has 0 aromatic heterocycles. The van der Waals surface area contributed by atoms with Gasteiger partial charge in [-0.1, -0.05) is 38.8 Å². The average Bonchev–Trinajstić information content (AvgIpc) is 3.05. The molecule has 1 aromatic rings. The number of rotatable bonds is 9. The van der Waals surface area contributed by atoms with E-state index < -0.39 is 5.54 Å². The van der Waals surface area contributed by atoms with E-state index in [0.29, 0.717) is 13.2 Å². The van der Waals surface area contributed by atoms with Crippen LogP contribution in [0.4, 0.5) is 0 Å². The van der Waals surface area contributed by atoms with E-state index >= 15 is 0 Å². The molecule has 3 N–H and O–H groups in total. The molecule has 1 aliphatic rings. The van der Waals surface area contributed by atoms with Crippen molar-refractivity contribution in [2.45, 2.75) is 51.6 Å². The number of nitrogens with two attached hydrogens (primary N) is 1. The molecule has 1 fully saturated rings. The van der Waals surface area contributed by atoms with Crippen LogP contribution in [0.15, 0.2) is 24.3 Å². The summed E-state index contributed by atoms with van der Waals surface area (Å²) in [6.45, 7) is 8.53. The van der Waals surface area contributed by atoms with Gasteiger partial charge in [0.15, 0.2) is 0 Å². The smallest absolute Gasteiger partial charge is 0.240 e. The maximum atomic E-state index is 12.2. The first kappa shape index (κ1) is 18.7. The van der Waals surface area contributed by atoms with Crippen molar-refractivity contribution in [2.75, 3.05) is 26.2 Å². The molecule has 1 aliphatic carbocycles. The van der Waals surface area contributed by atoms with Gasteiger partial charge in [-0.25, -0.2) is 0 Å². The van der Waals surface area contributed by atoms with Gasteiger partial charge in [0.2, 0.25) is 5.91 Å². The molecule has 1 amide bonds. The van der Waals surface area contributed by atoms with Crippen molar-refractivity contribution in [3.63, 3.8) is 0 Å². The fourth-order valence-electron chi connectivity index (χ4n) is 3.13. The van der Waals surface area contributed by atoms with E-state index in [2.05, 4.69) is 24.1 Å². The number of nitrogens with zero attached hydrogens (tertiary/aromatic N) is 1. The molecule has 24 heavy (non-hydrogen) atoms. The molecular formula is C19H31N3O2. The molecule has 134 valence electrons. The number of nitrogens with one attached hydrogen (secondary N) is 1. The highest BCUT2D eigenvalue weighted by atomic mass is 16.5. The van der Waals surface area contributed by atoms with Crippen LogP contribution in [-0.2, 0) is 11.3 Å². The first-order valence-corrected chi connectivity index (χ1v) is 9.08. The molecule has 5 heteroatoms. The molecule has 0 radical (unpaired) electrons. The normalized spacial score (nSPS) is 16.3. The summed E-state index contributed by atoms with van der Waals surface area (Å²) in [6, 6.07) is 7.89. The lowest BCUT2D eigenvalue weighted by Crippen LogP contribution is -2.51. The van der Waals surface area contributed by atoms with Crippen LogP contribution >= 0.6 is 0 Å². The van der Waals surface area contributed by atoms with Crippen molar-refractivity contribution in [1.82, 2.24) is 10.2 Å². The van der Waals surface area contributed by atoms with Crippen LogP contribution in [-0.4, -0.2) is 42.6 Å². The minimum Gasteiger partial charge on any atom is -0.492 e. The highest BCUT2D eigenvalue weighted by Crippen LogP contribution is 2.27. The van der Waals surface area contributed by atoms with Crippen molar-refractivity contribution >= 4 is 5.91 Å². The quantitative estimate of drug-likeness (QED) is 0.728. The number of carbonyl (C=O) groups excluding carboxylic acids is 1. The summed E-state index contributed by atoms with van der Waals surface area (Å²) in [6.07, 6.45) is 3.67. The summed E-state index contributed by atoms with van der Waals surface area (Å²) in [5, 5.41) is 2.96. The first-order valence-electron chi connectivity index (χ1n) is 9.08. The lowest BCUT2D eigenvalue weighted by Gasteiger charge is -2.22. The molecule has 1 saturated carbocycles. The van der Waals surface area contributed by atoms with Gasteiger partial charge in [-0.2, -0.15) is 0 Å². The van der Waals surface area contributed by atoms with E-state index in [1.54, 1.807) is 0 Å². The Labute approximate surface area is 145 Å². The summed E-state index contributed by atoms with van der Waals surface area (Å²) in [7, 11) is 0. The number of benzene rings is 1. The standard InChI is InChI=1S/C19H31N3O2/c1-3-22(4-2)13-14-24-17-9-7-16(8-10-17)15-21-18(23)19(20)11-5-6-12-19/h7-10H,3-6,11-15,20H2,1-2H3,(H,21,23). The van der Waals surface area contributed by atoms with E-state index in [1.807, 2.05) is 24.3 Å². The van der Waals surface area contributed by atoms with E-state index in [-0.39, 0.29) is 5.91 Å². The molecule has 0 aliphatic heterocycles. The molecule has 0 bridgehead atoms. The third-order valence-corrected chi connectivity index (χ3v) is 4.90. The van der Waals surface area contributed by atoms with Crippen LogP contribution in [0.5, 0.6) is 5.75 Å². The van der Waals surface area contributed by atoms with Crippen molar-refractivity contribution in [2.24, 2.45) is 5.73 Å². The van der Waals surface area contributed by atoms with Gasteiger partial charge >= 0.3 is 0 Å². The van der Waals surface area contributed by atoms with Gasteiger partial charge in [0, 0.05) is 13.1 Å². The largest absolute Gasteiger partial charge is 0.492 e. The van der Waals surface area contributed by atoms with Gasteiger partial charge in [0.05, 0.1) is 5.54 Å². The molecule has 5 nitrogen and oxygen atoms in total. The molecule has 2 rings (SSSR count). The van der Waals surface area contributed by atoms with E-state index in [1.165, 1.54) is 0 Å².